The van der Waals surface area contributed by atoms with Gasteiger partial charge in [0.05, 0.1) is 13.2 Å². The van der Waals surface area contributed by atoms with Crippen LogP contribution in [0.15, 0.2) is 48.8 Å². The summed E-state index contributed by atoms with van der Waals surface area (Å²) in [7, 11) is 2.19. The van der Waals surface area contributed by atoms with E-state index in [4.69, 9.17) is 4.74 Å². The minimum Gasteiger partial charge on any atom is -0.378 e. The molecule has 1 amide bonds. The Morgan fingerprint density at radius 2 is 1.92 bits per heavy atom. The fourth-order valence-electron chi connectivity index (χ4n) is 4.91. The molecule has 0 spiro atoms. The zero-order valence-corrected chi connectivity index (χ0v) is 22.1. The van der Waals surface area contributed by atoms with Gasteiger partial charge in [-0.25, -0.2) is 9.97 Å². The molecular formula is C28H36N8O2. The number of nitrogens with one attached hydrogen (secondary N) is 3. The molecule has 4 heterocycles. The molecule has 3 aromatic rings. The van der Waals surface area contributed by atoms with Crippen molar-refractivity contribution in [1.82, 2.24) is 19.9 Å². The lowest BCUT2D eigenvalue weighted by molar-refractivity contribution is 0.102. The average Bonchev–Trinajstić information content (AvgIpc) is 3.35. The summed E-state index contributed by atoms with van der Waals surface area (Å²) >= 11 is 0. The Hall–Kier alpha value is -3.76. The molecule has 2 aliphatic heterocycles. The third-order valence-corrected chi connectivity index (χ3v) is 7.19. The number of aromatic nitrogens is 3. The van der Waals surface area contributed by atoms with Crippen molar-refractivity contribution in [1.29, 1.82) is 0 Å². The molecule has 5 rings (SSSR count). The SMILES string of the molecule is Cc1ccc(NC(=O)c2ccnc(N3CCOCC3)c2)cc1Nc1ccnc(NCCC2CCCN2C)n1. The highest BCUT2D eigenvalue weighted by atomic mass is 16.5. The van der Waals surface area contributed by atoms with Crippen LogP contribution in [0.4, 0.5) is 29.0 Å². The molecule has 0 radical (unpaired) electrons. The van der Waals surface area contributed by atoms with Crippen molar-refractivity contribution in [2.24, 2.45) is 0 Å². The normalized spacial score (nSPS) is 17.8. The van der Waals surface area contributed by atoms with Crippen LogP contribution in [0.1, 0.15) is 35.2 Å². The predicted octanol–water partition coefficient (Wildman–Crippen LogP) is 3.91. The molecule has 10 heteroatoms. The number of ether oxygens (including phenoxy) is 1. The van der Waals surface area contributed by atoms with E-state index in [1.54, 1.807) is 18.5 Å². The smallest absolute Gasteiger partial charge is 0.255 e. The number of benzene rings is 1. The molecule has 38 heavy (non-hydrogen) atoms. The fourth-order valence-corrected chi connectivity index (χ4v) is 4.91. The molecule has 10 nitrogen and oxygen atoms in total. The molecule has 2 aromatic heterocycles. The number of hydrogen-bond donors (Lipinski definition) is 3. The number of carbonyl (C=O) groups is 1. The molecule has 1 unspecified atom stereocenters. The number of morpholine rings is 1. The summed E-state index contributed by atoms with van der Waals surface area (Å²) in [6.07, 6.45) is 7.02. The van der Waals surface area contributed by atoms with Gasteiger partial charge in [-0.2, -0.15) is 4.98 Å². The first-order chi connectivity index (χ1) is 18.5. The Morgan fingerprint density at radius 3 is 2.74 bits per heavy atom. The number of anilines is 5. The van der Waals surface area contributed by atoms with Crippen LogP contribution in [0.3, 0.4) is 0 Å². The van der Waals surface area contributed by atoms with Gasteiger partial charge in [-0.1, -0.05) is 6.07 Å². The number of carbonyl (C=O) groups excluding carboxylic acids is 1. The first-order valence-electron chi connectivity index (χ1n) is 13.3. The van der Waals surface area contributed by atoms with Crippen molar-refractivity contribution in [3.63, 3.8) is 0 Å². The molecule has 2 fully saturated rings. The van der Waals surface area contributed by atoms with Crippen LogP contribution in [0.2, 0.25) is 0 Å². The summed E-state index contributed by atoms with van der Waals surface area (Å²) in [5.41, 5.74) is 3.16. The van der Waals surface area contributed by atoms with Crippen molar-refractivity contribution in [2.75, 3.05) is 67.3 Å². The fraction of sp³-hybridized carbons (Fsp3) is 0.429. The molecule has 3 N–H and O–H groups in total. The number of nitrogens with zero attached hydrogens (tertiary/aromatic N) is 5. The van der Waals surface area contributed by atoms with Crippen LogP contribution in [-0.2, 0) is 4.74 Å². The number of hydrogen-bond acceptors (Lipinski definition) is 9. The Kier molecular flexibility index (Phi) is 8.30. The van der Waals surface area contributed by atoms with Gasteiger partial charge in [0.15, 0.2) is 0 Å². The Bertz CT molecular complexity index is 1250. The van der Waals surface area contributed by atoms with Crippen LogP contribution < -0.4 is 20.9 Å². The van der Waals surface area contributed by atoms with Crippen molar-refractivity contribution in [3.05, 3.63) is 59.9 Å². The van der Waals surface area contributed by atoms with Crippen LogP contribution in [-0.4, -0.2) is 78.2 Å². The van der Waals surface area contributed by atoms with Gasteiger partial charge in [0.25, 0.3) is 5.91 Å². The second-order valence-electron chi connectivity index (χ2n) is 9.87. The highest BCUT2D eigenvalue weighted by molar-refractivity contribution is 6.05. The van der Waals surface area contributed by atoms with E-state index in [0.29, 0.717) is 42.3 Å². The van der Waals surface area contributed by atoms with E-state index in [0.717, 1.165) is 43.1 Å². The van der Waals surface area contributed by atoms with E-state index in [9.17, 15) is 4.79 Å². The number of rotatable bonds is 9. The molecule has 1 atom stereocenters. The van der Waals surface area contributed by atoms with Gasteiger partial charge >= 0.3 is 0 Å². The summed E-state index contributed by atoms with van der Waals surface area (Å²) in [6.45, 7) is 6.90. The average molecular weight is 517 g/mol. The first-order valence-corrected chi connectivity index (χ1v) is 13.3. The van der Waals surface area contributed by atoms with Crippen LogP contribution in [0.25, 0.3) is 0 Å². The minimum absolute atomic E-state index is 0.182. The van der Waals surface area contributed by atoms with E-state index in [-0.39, 0.29) is 5.91 Å². The van der Waals surface area contributed by atoms with Gasteiger partial charge in [-0.15, -0.1) is 0 Å². The zero-order chi connectivity index (χ0) is 26.3. The number of pyridine rings is 1. The number of likely N-dealkylation sites (tertiary alicyclic amines) is 1. The molecule has 1 aromatic carbocycles. The predicted molar refractivity (Wildman–Crippen MR) is 150 cm³/mol. The largest absolute Gasteiger partial charge is 0.378 e. The molecule has 0 saturated carbocycles. The third kappa shape index (κ3) is 6.56. The maximum absolute atomic E-state index is 13.0. The van der Waals surface area contributed by atoms with E-state index in [1.807, 2.05) is 37.3 Å². The highest BCUT2D eigenvalue weighted by Crippen LogP contribution is 2.25. The van der Waals surface area contributed by atoms with E-state index in [1.165, 1.54) is 19.4 Å². The lowest BCUT2D eigenvalue weighted by Crippen LogP contribution is -2.36. The van der Waals surface area contributed by atoms with E-state index >= 15 is 0 Å². The highest BCUT2D eigenvalue weighted by Gasteiger charge is 2.20. The molecule has 0 bridgehead atoms. The van der Waals surface area contributed by atoms with Crippen molar-refractivity contribution < 1.29 is 9.53 Å². The quantitative estimate of drug-likeness (QED) is 0.390. The van der Waals surface area contributed by atoms with Crippen molar-refractivity contribution >= 4 is 34.9 Å². The maximum Gasteiger partial charge on any atom is 0.255 e. The van der Waals surface area contributed by atoms with Crippen LogP contribution in [0.5, 0.6) is 0 Å². The van der Waals surface area contributed by atoms with Gasteiger partial charge in [0.2, 0.25) is 5.95 Å². The lowest BCUT2D eigenvalue weighted by atomic mass is 10.1. The van der Waals surface area contributed by atoms with Gasteiger partial charge in [0.1, 0.15) is 11.6 Å². The summed E-state index contributed by atoms with van der Waals surface area (Å²) in [5.74, 6) is 1.90. The minimum atomic E-state index is -0.182. The summed E-state index contributed by atoms with van der Waals surface area (Å²) < 4.78 is 5.42. The monoisotopic (exact) mass is 516 g/mol. The Balaban J connectivity index is 1.21. The zero-order valence-electron chi connectivity index (χ0n) is 22.1. The standard InChI is InChI=1S/C28H36N8O2/c1-20-5-6-22(32-27(37)21-7-10-29-26(18-21)36-14-16-38-17-15-36)19-24(20)33-25-9-12-31-28(34-25)30-11-8-23-4-3-13-35(23)2/h5-7,9-10,12,18-19,23H,3-4,8,11,13-17H2,1-2H3,(H,32,37)(H2,30,31,33,34). The van der Waals surface area contributed by atoms with Crippen LogP contribution in [0, 0.1) is 6.92 Å². The van der Waals surface area contributed by atoms with Crippen molar-refractivity contribution in [3.8, 4) is 0 Å². The maximum atomic E-state index is 13.0. The molecule has 200 valence electrons. The molecule has 0 aliphatic carbocycles. The lowest BCUT2D eigenvalue weighted by Gasteiger charge is -2.27. The Morgan fingerprint density at radius 1 is 1.08 bits per heavy atom. The molecule has 2 saturated heterocycles. The second kappa shape index (κ2) is 12.2. The summed E-state index contributed by atoms with van der Waals surface area (Å²) in [5, 5.41) is 9.75. The van der Waals surface area contributed by atoms with Crippen molar-refractivity contribution in [2.45, 2.75) is 32.2 Å². The van der Waals surface area contributed by atoms with E-state index < -0.39 is 0 Å². The van der Waals surface area contributed by atoms with Crippen LogP contribution >= 0.6 is 0 Å². The third-order valence-electron chi connectivity index (χ3n) is 7.19. The summed E-state index contributed by atoms with van der Waals surface area (Å²) in [6, 6.07) is 11.8. The van der Waals surface area contributed by atoms with Gasteiger partial charge < -0.3 is 30.5 Å². The number of aryl methyl sites for hydroxylation is 1. The second-order valence-corrected chi connectivity index (χ2v) is 9.87. The first kappa shape index (κ1) is 25.9. The molecule has 2 aliphatic rings. The van der Waals surface area contributed by atoms with Gasteiger partial charge in [-0.3, -0.25) is 4.79 Å². The molecular weight excluding hydrogens is 480 g/mol. The van der Waals surface area contributed by atoms with E-state index in [2.05, 4.69) is 47.7 Å². The topological polar surface area (TPSA) is 108 Å². The summed E-state index contributed by atoms with van der Waals surface area (Å²) in [4.78, 5) is 31.0. The van der Waals surface area contributed by atoms with Gasteiger partial charge in [-0.05, 0) is 75.7 Å². The number of amides is 1. The Labute approximate surface area is 223 Å². The van der Waals surface area contributed by atoms with Gasteiger partial charge in [0, 0.05) is 55.0 Å².